The smallest absolute Gasteiger partial charge is 0.321 e. The highest BCUT2D eigenvalue weighted by molar-refractivity contribution is 9.10. The van der Waals surface area contributed by atoms with Gasteiger partial charge in [-0.05, 0) is 28.1 Å². The number of hydrogen-bond acceptors (Lipinski definition) is 5. The molecule has 0 unspecified atom stereocenters. The lowest BCUT2D eigenvalue weighted by atomic mass is 10.2. The second-order valence-corrected chi connectivity index (χ2v) is 4.50. The fourth-order valence-corrected chi connectivity index (χ4v) is 1.92. The first kappa shape index (κ1) is 14.3. The van der Waals surface area contributed by atoms with Crippen LogP contribution < -0.4 is 14.8 Å². The molecule has 0 saturated heterocycles. The first-order chi connectivity index (χ1) is 9.65. The Bertz CT molecular complexity index is 620. The molecule has 0 atom stereocenters. The van der Waals surface area contributed by atoms with Crippen LogP contribution in [-0.2, 0) is 0 Å². The predicted octanol–water partition coefficient (Wildman–Crippen LogP) is 2.51. The Morgan fingerprint density at radius 2 is 1.85 bits per heavy atom. The van der Waals surface area contributed by atoms with Crippen LogP contribution in [-0.4, -0.2) is 30.1 Å². The van der Waals surface area contributed by atoms with Gasteiger partial charge < -0.3 is 14.8 Å². The number of aromatic nitrogens is 2. The summed E-state index contributed by atoms with van der Waals surface area (Å²) in [5.74, 6) is 0.275. The predicted molar refractivity (Wildman–Crippen MR) is 77.2 cm³/mol. The monoisotopic (exact) mass is 337 g/mol. The molecule has 2 aromatic rings. The molecule has 2 rings (SSSR count). The largest absolute Gasteiger partial charge is 0.480 e. The summed E-state index contributed by atoms with van der Waals surface area (Å²) in [6, 6.07) is 8.92. The van der Waals surface area contributed by atoms with E-state index in [-0.39, 0.29) is 23.6 Å². The average Bonchev–Trinajstić information content (AvgIpc) is 2.50. The van der Waals surface area contributed by atoms with Gasteiger partial charge in [0, 0.05) is 5.56 Å². The summed E-state index contributed by atoms with van der Waals surface area (Å²) in [5.41, 5.74) is 0.524. The van der Waals surface area contributed by atoms with E-state index in [9.17, 15) is 4.79 Å². The summed E-state index contributed by atoms with van der Waals surface area (Å²) in [4.78, 5) is 20.2. The molecule has 0 spiro atoms. The number of benzene rings is 1. The number of anilines is 1. The number of ether oxygens (including phenoxy) is 2. The number of nitrogens with one attached hydrogen (secondary N) is 1. The highest BCUT2D eigenvalue weighted by atomic mass is 79.9. The number of halogens is 1. The number of carbonyl (C=O) groups excluding carboxylic acids is 1. The molecule has 0 aliphatic carbocycles. The van der Waals surface area contributed by atoms with Gasteiger partial charge in [0.25, 0.3) is 5.91 Å². The average molecular weight is 338 g/mol. The summed E-state index contributed by atoms with van der Waals surface area (Å²) in [6.45, 7) is 0. The fraction of sp³-hybridized carbons (Fsp3) is 0.154. The first-order valence-corrected chi connectivity index (χ1v) is 6.47. The fourth-order valence-electron chi connectivity index (χ4n) is 1.49. The Hall–Kier alpha value is -2.15. The van der Waals surface area contributed by atoms with E-state index >= 15 is 0 Å². The lowest BCUT2D eigenvalue weighted by molar-refractivity contribution is 0.102. The lowest BCUT2D eigenvalue weighted by Crippen LogP contribution is -2.14. The Kier molecular flexibility index (Phi) is 4.52. The Morgan fingerprint density at radius 1 is 1.15 bits per heavy atom. The minimum atomic E-state index is -0.283. The van der Waals surface area contributed by atoms with E-state index in [4.69, 9.17) is 9.47 Å². The molecule has 6 nitrogen and oxygen atoms in total. The van der Waals surface area contributed by atoms with Crippen LogP contribution in [0.25, 0.3) is 0 Å². The van der Waals surface area contributed by atoms with E-state index in [1.165, 1.54) is 14.2 Å². The molecular formula is C13H12BrN3O3. The third kappa shape index (κ3) is 3.05. The molecule has 0 bridgehead atoms. The van der Waals surface area contributed by atoms with Crippen molar-refractivity contribution in [3.63, 3.8) is 0 Å². The van der Waals surface area contributed by atoms with Crippen molar-refractivity contribution in [2.75, 3.05) is 19.5 Å². The molecule has 1 aromatic heterocycles. The van der Waals surface area contributed by atoms with Gasteiger partial charge in [0.05, 0.1) is 14.2 Å². The van der Waals surface area contributed by atoms with Crippen molar-refractivity contribution in [3.05, 3.63) is 40.4 Å². The molecule has 0 aliphatic rings. The zero-order valence-electron chi connectivity index (χ0n) is 10.9. The zero-order valence-corrected chi connectivity index (χ0v) is 12.5. The number of hydrogen-bond donors (Lipinski definition) is 1. The molecule has 0 radical (unpaired) electrons. The van der Waals surface area contributed by atoms with Gasteiger partial charge in [-0.15, -0.1) is 0 Å². The zero-order chi connectivity index (χ0) is 14.5. The van der Waals surface area contributed by atoms with Crippen LogP contribution in [0.5, 0.6) is 11.9 Å². The highest BCUT2D eigenvalue weighted by Gasteiger charge is 2.16. The number of nitrogens with zero attached hydrogens (tertiary/aromatic N) is 2. The minimum absolute atomic E-state index is 0.105. The molecule has 1 aromatic carbocycles. The highest BCUT2D eigenvalue weighted by Crippen LogP contribution is 2.31. The van der Waals surface area contributed by atoms with Crippen molar-refractivity contribution < 1.29 is 14.3 Å². The van der Waals surface area contributed by atoms with Crippen molar-refractivity contribution in [1.29, 1.82) is 0 Å². The van der Waals surface area contributed by atoms with Crippen LogP contribution in [0.3, 0.4) is 0 Å². The molecular weight excluding hydrogens is 326 g/mol. The summed E-state index contributed by atoms with van der Waals surface area (Å²) >= 11 is 3.29. The van der Waals surface area contributed by atoms with Crippen molar-refractivity contribution >= 4 is 27.7 Å². The van der Waals surface area contributed by atoms with Crippen molar-refractivity contribution in [1.82, 2.24) is 9.97 Å². The van der Waals surface area contributed by atoms with Gasteiger partial charge in [0.1, 0.15) is 4.47 Å². The molecule has 104 valence electrons. The van der Waals surface area contributed by atoms with E-state index in [0.717, 1.165) is 0 Å². The van der Waals surface area contributed by atoms with Crippen LogP contribution in [0.1, 0.15) is 10.4 Å². The summed E-state index contributed by atoms with van der Waals surface area (Å²) < 4.78 is 10.5. The number of carbonyl (C=O) groups is 1. The second-order valence-electron chi connectivity index (χ2n) is 3.70. The Labute approximate surface area is 124 Å². The van der Waals surface area contributed by atoms with E-state index in [1.807, 2.05) is 6.07 Å². The minimum Gasteiger partial charge on any atom is -0.480 e. The van der Waals surface area contributed by atoms with Crippen molar-refractivity contribution in [2.45, 2.75) is 0 Å². The Balaban J connectivity index is 2.31. The van der Waals surface area contributed by atoms with Crippen LogP contribution in [0.4, 0.5) is 5.82 Å². The Morgan fingerprint density at radius 3 is 2.45 bits per heavy atom. The SMILES string of the molecule is COc1nc(NC(=O)c2ccccc2)c(Br)c(OC)n1. The van der Waals surface area contributed by atoms with Crippen LogP contribution in [0, 0.1) is 0 Å². The molecule has 0 aliphatic heterocycles. The van der Waals surface area contributed by atoms with E-state index in [2.05, 4.69) is 31.2 Å². The molecule has 0 saturated carbocycles. The third-order valence-corrected chi connectivity index (χ3v) is 3.16. The number of methoxy groups -OCH3 is 2. The molecule has 1 heterocycles. The normalized spacial score (nSPS) is 9.95. The lowest BCUT2D eigenvalue weighted by Gasteiger charge is -2.10. The molecule has 0 fully saturated rings. The summed E-state index contributed by atoms with van der Waals surface area (Å²) in [6.07, 6.45) is 0. The number of amides is 1. The summed E-state index contributed by atoms with van der Waals surface area (Å²) in [5, 5.41) is 2.68. The maximum absolute atomic E-state index is 12.1. The van der Waals surface area contributed by atoms with Crippen LogP contribution in [0.15, 0.2) is 34.8 Å². The van der Waals surface area contributed by atoms with E-state index in [1.54, 1.807) is 24.3 Å². The molecule has 1 N–H and O–H groups in total. The van der Waals surface area contributed by atoms with Gasteiger partial charge >= 0.3 is 6.01 Å². The molecule has 20 heavy (non-hydrogen) atoms. The van der Waals surface area contributed by atoms with Gasteiger partial charge in [-0.25, -0.2) is 0 Å². The summed E-state index contributed by atoms with van der Waals surface area (Å²) in [7, 11) is 2.90. The van der Waals surface area contributed by atoms with Crippen LogP contribution >= 0.6 is 15.9 Å². The van der Waals surface area contributed by atoms with Crippen molar-refractivity contribution in [2.24, 2.45) is 0 Å². The molecule has 7 heteroatoms. The van der Waals surface area contributed by atoms with Gasteiger partial charge in [-0.1, -0.05) is 18.2 Å². The standard InChI is InChI=1S/C13H12BrN3O3/c1-19-12-9(14)10(16-13(17-12)20-2)15-11(18)8-6-4-3-5-7-8/h3-7H,1-2H3,(H,15,16,17,18). The molecule has 1 amide bonds. The maximum Gasteiger partial charge on any atom is 0.321 e. The van der Waals surface area contributed by atoms with Gasteiger partial charge in [-0.2, -0.15) is 9.97 Å². The topological polar surface area (TPSA) is 73.3 Å². The second kappa shape index (κ2) is 6.33. The first-order valence-electron chi connectivity index (χ1n) is 5.67. The van der Waals surface area contributed by atoms with Crippen LogP contribution in [0.2, 0.25) is 0 Å². The van der Waals surface area contributed by atoms with Gasteiger partial charge in [0.15, 0.2) is 5.82 Å². The number of rotatable bonds is 4. The quantitative estimate of drug-likeness (QED) is 0.927. The van der Waals surface area contributed by atoms with Gasteiger partial charge in [0.2, 0.25) is 5.88 Å². The third-order valence-electron chi connectivity index (χ3n) is 2.44. The van der Waals surface area contributed by atoms with Gasteiger partial charge in [-0.3, -0.25) is 4.79 Å². The maximum atomic E-state index is 12.1. The van der Waals surface area contributed by atoms with Crippen molar-refractivity contribution in [3.8, 4) is 11.9 Å². The van der Waals surface area contributed by atoms with E-state index < -0.39 is 0 Å². The van der Waals surface area contributed by atoms with E-state index in [0.29, 0.717) is 10.0 Å².